The maximum atomic E-state index is 13.6. The highest BCUT2D eigenvalue weighted by Crippen LogP contribution is 2.50. The van der Waals surface area contributed by atoms with Gasteiger partial charge in [-0.05, 0) is 18.6 Å². The molecule has 2 aromatic carbocycles. The van der Waals surface area contributed by atoms with Crippen molar-refractivity contribution in [1.29, 1.82) is 0 Å². The molecule has 212 valence electrons. The van der Waals surface area contributed by atoms with E-state index in [9.17, 15) is 24.5 Å². The summed E-state index contributed by atoms with van der Waals surface area (Å²) < 4.78 is 10.7. The number of unbranched alkanes of at least 4 members (excludes halogenated alkanes) is 3. The number of anilines is 1. The molecule has 4 rings (SSSR count). The van der Waals surface area contributed by atoms with Crippen LogP contribution in [0, 0.1) is 10.1 Å². The van der Waals surface area contributed by atoms with Crippen LogP contribution in [0.2, 0.25) is 0 Å². The lowest BCUT2D eigenvalue weighted by Gasteiger charge is -2.48. The van der Waals surface area contributed by atoms with Crippen molar-refractivity contribution in [2.45, 2.75) is 58.7 Å². The van der Waals surface area contributed by atoms with Crippen LogP contribution in [0.5, 0.6) is 11.5 Å². The van der Waals surface area contributed by atoms with Crippen molar-refractivity contribution in [2.75, 3.05) is 17.8 Å². The topological polar surface area (TPSA) is 144 Å². The van der Waals surface area contributed by atoms with Gasteiger partial charge in [-0.15, -0.1) is 5.10 Å². The van der Waals surface area contributed by atoms with Crippen molar-refractivity contribution in [3.63, 3.8) is 0 Å². The fourth-order valence-corrected chi connectivity index (χ4v) is 5.71. The summed E-state index contributed by atoms with van der Waals surface area (Å²) in [5, 5.41) is 21.5. The first-order valence-electron chi connectivity index (χ1n) is 12.9. The van der Waals surface area contributed by atoms with E-state index < -0.39 is 34.7 Å². The Morgan fingerprint density at radius 1 is 1.15 bits per heavy atom. The number of rotatable bonds is 9. The number of esters is 1. The monoisotopic (exact) mass is 569 g/mol. The molecule has 0 radical (unpaired) electrons. The molecular formula is C27H31N5O7S. The summed E-state index contributed by atoms with van der Waals surface area (Å²) >= 11 is 1.38. The minimum atomic E-state index is -1.18. The number of para-hydroxylation sites is 1. The third-order valence-corrected chi connectivity index (χ3v) is 7.49. The third-order valence-electron chi connectivity index (χ3n) is 6.54. The van der Waals surface area contributed by atoms with Gasteiger partial charge in [0.05, 0.1) is 29.4 Å². The Balaban J connectivity index is 1.94. The Morgan fingerprint density at radius 3 is 2.55 bits per heavy atom. The maximum Gasteiger partial charge on any atom is 0.315 e. The lowest BCUT2D eigenvalue weighted by atomic mass is 9.94. The van der Waals surface area contributed by atoms with Gasteiger partial charge in [0.25, 0.3) is 5.91 Å². The molecule has 2 aromatic rings. The van der Waals surface area contributed by atoms with Crippen LogP contribution in [0.25, 0.3) is 0 Å². The largest absolute Gasteiger partial charge is 0.496 e. The molecule has 0 unspecified atom stereocenters. The van der Waals surface area contributed by atoms with E-state index in [2.05, 4.69) is 12.2 Å². The molecule has 2 atom stereocenters. The number of hydrazone groups is 1. The number of amides is 2. The van der Waals surface area contributed by atoms with Crippen molar-refractivity contribution in [3.05, 3.63) is 57.6 Å². The minimum Gasteiger partial charge on any atom is -0.496 e. The molecule has 40 heavy (non-hydrogen) atoms. The molecule has 2 aliphatic heterocycles. The lowest BCUT2D eigenvalue weighted by molar-refractivity contribution is -0.385. The van der Waals surface area contributed by atoms with Crippen molar-refractivity contribution < 1.29 is 28.8 Å². The van der Waals surface area contributed by atoms with E-state index in [0.29, 0.717) is 16.4 Å². The normalized spacial score (nSPS) is 17.8. The molecule has 1 N–H and O–H groups in total. The molecule has 0 spiro atoms. The molecule has 0 aromatic heterocycles. The van der Waals surface area contributed by atoms with Gasteiger partial charge in [-0.2, -0.15) is 0 Å². The number of methoxy groups -OCH3 is 1. The molecular weight excluding hydrogens is 538 g/mol. The summed E-state index contributed by atoms with van der Waals surface area (Å²) in [7, 11) is 1.34. The Hall–Kier alpha value is -4.13. The summed E-state index contributed by atoms with van der Waals surface area (Å²) in [6.45, 7) is 4.60. The molecule has 0 bridgehead atoms. The van der Waals surface area contributed by atoms with Crippen molar-refractivity contribution in [3.8, 4) is 11.5 Å². The van der Waals surface area contributed by atoms with Crippen molar-refractivity contribution in [2.24, 2.45) is 5.10 Å². The van der Waals surface area contributed by atoms with Crippen LogP contribution in [-0.4, -0.2) is 45.7 Å². The Labute approximate surface area is 235 Å². The van der Waals surface area contributed by atoms with E-state index >= 15 is 0 Å². The number of hydrogen-bond acceptors (Lipinski definition) is 10. The summed E-state index contributed by atoms with van der Waals surface area (Å²) in [5.74, 6) is -1.10. The second kappa shape index (κ2) is 12.4. The lowest BCUT2D eigenvalue weighted by Crippen LogP contribution is -2.55. The highest BCUT2D eigenvalue weighted by atomic mass is 32.2. The molecule has 0 saturated heterocycles. The quantitative estimate of drug-likeness (QED) is 0.150. The number of nitrogens with zero attached hydrogens (tertiary/aromatic N) is 4. The number of carbonyl (C=O) groups excluding carboxylic acids is 3. The van der Waals surface area contributed by atoms with Gasteiger partial charge in [0.2, 0.25) is 11.7 Å². The number of fused-ring (bicyclic) bond motifs is 3. The molecule has 0 aliphatic carbocycles. The fraction of sp³-hybridized carbons (Fsp3) is 0.407. The van der Waals surface area contributed by atoms with Crippen molar-refractivity contribution in [1.82, 2.24) is 10.3 Å². The van der Waals surface area contributed by atoms with E-state index in [4.69, 9.17) is 14.6 Å². The zero-order valence-corrected chi connectivity index (χ0v) is 23.5. The number of nitrogens with one attached hydrogen (secondary N) is 1. The standard InChI is InChI=1S/C27H31N5O7S/c1-5-6-7-10-13-40-27-28-25(35)23-19-11-8-9-12-21(19)30(16(2)33)26(31(23)29-27)20-14-18(38-4)15-22(32(36)37)24(20)39-17(3)34/h8-9,11-12,14-15,23,26H,5-7,10,13H2,1-4H3,(H,28,29,35)/t23-,26+/m0/s1. The number of benzene rings is 2. The Morgan fingerprint density at radius 2 is 1.90 bits per heavy atom. The van der Waals surface area contributed by atoms with Gasteiger partial charge in [0.1, 0.15) is 5.75 Å². The van der Waals surface area contributed by atoms with E-state index in [1.54, 1.807) is 24.3 Å². The second-order valence-corrected chi connectivity index (χ2v) is 10.4. The van der Waals surface area contributed by atoms with Gasteiger partial charge in [0.15, 0.2) is 17.4 Å². The summed E-state index contributed by atoms with van der Waals surface area (Å²) in [6.07, 6.45) is 3.00. The molecule has 2 aliphatic rings. The van der Waals surface area contributed by atoms with E-state index in [1.165, 1.54) is 41.8 Å². The van der Waals surface area contributed by atoms with Gasteiger partial charge in [0, 0.05) is 25.2 Å². The van der Waals surface area contributed by atoms with Crippen LogP contribution in [-0.2, 0) is 14.4 Å². The average molecular weight is 570 g/mol. The number of nitro benzene ring substituents is 1. The van der Waals surface area contributed by atoms with Crippen LogP contribution >= 0.6 is 11.8 Å². The molecule has 12 nitrogen and oxygen atoms in total. The second-order valence-electron chi connectivity index (χ2n) is 9.32. The van der Waals surface area contributed by atoms with Gasteiger partial charge in [-0.25, -0.2) is 0 Å². The molecule has 0 saturated carbocycles. The van der Waals surface area contributed by atoms with Gasteiger partial charge < -0.3 is 14.8 Å². The SMILES string of the molecule is CCCCCCSC1=NN2[C@H](C(=O)N1)c1ccccc1N(C(C)=O)[C@H]2c1cc(OC)cc([N+](=O)[O-])c1OC(C)=O. The zero-order chi connectivity index (χ0) is 29.0. The average Bonchev–Trinajstić information content (AvgIpc) is 2.91. The van der Waals surface area contributed by atoms with Crippen LogP contribution < -0.4 is 19.7 Å². The van der Waals surface area contributed by atoms with Crippen LogP contribution in [0.3, 0.4) is 0 Å². The molecule has 2 heterocycles. The smallest absolute Gasteiger partial charge is 0.315 e. The summed E-state index contributed by atoms with van der Waals surface area (Å²) in [6, 6.07) is 8.54. The van der Waals surface area contributed by atoms with E-state index in [1.807, 2.05) is 0 Å². The van der Waals surface area contributed by atoms with Crippen LogP contribution in [0.4, 0.5) is 11.4 Å². The zero-order valence-electron chi connectivity index (χ0n) is 22.7. The molecule has 2 amide bonds. The summed E-state index contributed by atoms with van der Waals surface area (Å²) in [5.41, 5.74) is 0.510. The maximum absolute atomic E-state index is 13.6. The summed E-state index contributed by atoms with van der Waals surface area (Å²) in [4.78, 5) is 51.7. The first kappa shape index (κ1) is 28.9. The van der Waals surface area contributed by atoms with E-state index in [0.717, 1.165) is 44.4 Å². The minimum absolute atomic E-state index is 0.0710. The predicted molar refractivity (Wildman–Crippen MR) is 150 cm³/mol. The number of thioether (sulfide) groups is 1. The highest BCUT2D eigenvalue weighted by molar-refractivity contribution is 8.13. The van der Waals surface area contributed by atoms with Crippen LogP contribution in [0.1, 0.15) is 69.8 Å². The number of nitro groups is 1. The number of hydrogen-bond donors (Lipinski definition) is 1. The molecule has 0 fully saturated rings. The number of ether oxygens (including phenoxy) is 2. The van der Waals surface area contributed by atoms with Gasteiger partial charge in [-0.3, -0.25) is 34.4 Å². The third kappa shape index (κ3) is 5.74. The van der Waals surface area contributed by atoms with E-state index in [-0.39, 0.29) is 23.0 Å². The Bertz CT molecular complexity index is 1360. The first-order valence-corrected chi connectivity index (χ1v) is 13.9. The highest BCUT2D eigenvalue weighted by Gasteiger charge is 2.48. The van der Waals surface area contributed by atoms with Crippen LogP contribution in [0.15, 0.2) is 41.5 Å². The Kier molecular flexibility index (Phi) is 8.93. The van der Waals surface area contributed by atoms with Gasteiger partial charge in [-0.1, -0.05) is 56.1 Å². The number of carbonyl (C=O) groups is 3. The van der Waals surface area contributed by atoms with Crippen molar-refractivity contribution >= 4 is 46.1 Å². The fourth-order valence-electron chi connectivity index (χ4n) is 4.84. The number of amidine groups is 1. The predicted octanol–water partition coefficient (Wildman–Crippen LogP) is 4.65. The van der Waals surface area contributed by atoms with Gasteiger partial charge >= 0.3 is 11.7 Å². The molecule has 13 heteroatoms. The first-order chi connectivity index (χ1) is 19.2.